The van der Waals surface area contributed by atoms with Crippen LogP contribution in [-0.2, 0) is 13.5 Å². The Hall–Kier alpha value is -3.61. The minimum absolute atomic E-state index is 0.0634. The number of ketones is 1. The van der Waals surface area contributed by atoms with E-state index >= 15 is 0 Å². The molecule has 1 aliphatic carbocycles. The van der Waals surface area contributed by atoms with E-state index in [2.05, 4.69) is 31.2 Å². The van der Waals surface area contributed by atoms with Crippen LogP contribution in [0.3, 0.4) is 0 Å². The van der Waals surface area contributed by atoms with E-state index in [0.29, 0.717) is 5.56 Å². The molecule has 0 amide bonds. The Morgan fingerprint density at radius 3 is 2.56 bits per heavy atom. The van der Waals surface area contributed by atoms with Crippen molar-refractivity contribution >= 4 is 22.4 Å². The SMILES string of the molecule is Cn1cc(-c2ccc3cnc(CC(=O)c4ccnc(N5CCC(C6CC6)CC5)c4)cc3c2)nn1. The minimum atomic E-state index is 0.0634. The summed E-state index contributed by atoms with van der Waals surface area (Å²) in [4.78, 5) is 24.6. The molecule has 0 atom stereocenters. The van der Waals surface area contributed by atoms with E-state index in [1.807, 2.05) is 49.8 Å². The predicted octanol–water partition coefficient (Wildman–Crippen LogP) is 4.48. The molecule has 1 aliphatic heterocycles. The van der Waals surface area contributed by atoms with Gasteiger partial charge in [0.2, 0.25) is 0 Å². The Kier molecular flexibility index (Phi) is 5.32. The molecule has 6 rings (SSSR count). The molecule has 3 aromatic heterocycles. The van der Waals surface area contributed by atoms with Crippen LogP contribution in [0.25, 0.3) is 22.0 Å². The molecule has 1 saturated carbocycles. The monoisotopic (exact) mass is 452 g/mol. The molecule has 2 aliphatic rings. The van der Waals surface area contributed by atoms with Crippen LogP contribution in [0.5, 0.6) is 0 Å². The van der Waals surface area contributed by atoms with Gasteiger partial charge in [-0.15, -0.1) is 5.10 Å². The van der Waals surface area contributed by atoms with Crippen molar-refractivity contribution in [2.75, 3.05) is 18.0 Å². The smallest absolute Gasteiger partial charge is 0.169 e. The molecule has 1 aromatic carbocycles. The molecule has 2 fully saturated rings. The molecule has 7 nitrogen and oxygen atoms in total. The number of rotatable bonds is 6. The number of carbonyl (C=O) groups excluding carboxylic acids is 1. The van der Waals surface area contributed by atoms with Gasteiger partial charge < -0.3 is 4.90 Å². The highest BCUT2D eigenvalue weighted by Crippen LogP contribution is 2.42. The van der Waals surface area contributed by atoms with E-state index in [0.717, 1.165) is 58.5 Å². The number of anilines is 1. The van der Waals surface area contributed by atoms with Gasteiger partial charge in [-0.2, -0.15) is 0 Å². The largest absolute Gasteiger partial charge is 0.357 e. The van der Waals surface area contributed by atoms with Gasteiger partial charge in [0.25, 0.3) is 0 Å². The molecule has 34 heavy (non-hydrogen) atoms. The second-order valence-electron chi connectivity index (χ2n) is 9.68. The zero-order valence-electron chi connectivity index (χ0n) is 19.4. The molecule has 4 heterocycles. The van der Waals surface area contributed by atoms with Crippen molar-refractivity contribution in [3.05, 3.63) is 66.2 Å². The molecular weight excluding hydrogens is 424 g/mol. The molecular formula is C27H28N6O. The van der Waals surface area contributed by atoms with Crippen LogP contribution in [-0.4, -0.2) is 43.8 Å². The van der Waals surface area contributed by atoms with Crippen molar-refractivity contribution < 1.29 is 4.79 Å². The van der Waals surface area contributed by atoms with E-state index in [9.17, 15) is 4.79 Å². The summed E-state index contributed by atoms with van der Waals surface area (Å²) >= 11 is 0. The lowest BCUT2D eigenvalue weighted by molar-refractivity contribution is 0.0992. The fourth-order valence-electron chi connectivity index (χ4n) is 5.12. The molecule has 0 N–H and O–H groups in total. The van der Waals surface area contributed by atoms with Crippen LogP contribution in [0.2, 0.25) is 0 Å². The molecule has 1 saturated heterocycles. The maximum atomic E-state index is 13.1. The standard InChI is InChI=1S/C27H28N6O/c1-32-17-25(30-31-32)20-4-5-22-16-29-24(13-23(22)12-20)15-26(34)21-6-9-28-27(14-21)33-10-7-19(8-11-33)18-2-3-18/h4-6,9,12-14,16-19H,2-3,7-8,10-11,15H2,1H3. The highest BCUT2D eigenvalue weighted by molar-refractivity contribution is 5.98. The van der Waals surface area contributed by atoms with Crippen LogP contribution >= 0.6 is 0 Å². The van der Waals surface area contributed by atoms with E-state index in [-0.39, 0.29) is 12.2 Å². The van der Waals surface area contributed by atoms with Crippen molar-refractivity contribution in [3.8, 4) is 11.3 Å². The lowest BCUT2D eigenvalue weighted by atomic mass is 9.92. The average Bonchev–Trinajstić information content (AvgIpc) is 3.64. The summed E-state index contributed by atoms with van der Waals surface area (Å²) in [5.41, 5.74) is 3.28. The summed E-state index contributed by atoms with van der Waals surface area (Å²) in [7, 11) is 1.85. The summed E-state index contributed by atoms with van der Waals surface area (Å²) in [5, 5.41) is 10.3. The van der Waals surface area contributed by atoms with E-state index < -0.39 is 0 Å². The van der Waals surface area contributed by atoms with Crippen molar-refractivity contribution in [3.63, 3.8) is 0 Å². The quantitative estimate of drug-likeness (QED) is 0.402. The number of carbonyl (C=O) groups is 1. The van der Waals surface area contributed by atoms with Crippen LogP contribution in [0.1, 0.15) is 41.7 Å². The van der Waals surface area contributed by atoms with Crippen molar-refractivity contribution in [1.29, 1.82) is 0 Å². The Morgan fingerprint density at radius 1 is 0.971 bits per heavy atom. The number of hydrogen-bond donors (Lipinski definition) is 0. The van der Waals surface area contributed by atoms with E-state index in [1.165, 1.54) is 25.7 Å². The average molecular weight is 453 g/mol. The number of fused-ring (bicyclic) bond motifs is 1. The van der Waals surface area contributed by atoms with Gasteiger partial charge in [-0.1, -0.05) is 17.3 Å². The molecule has 0 unspecified atom stereocenters. The molecule has 7 heteroatoms. The first kappa shape index (κ1) is 21.0. The summed E-state index contributed by atoms with van der Waals surface area (Å²) in [6, 6.07) is 11.9. The van der Waals surface area contributed by atoms with Gasteiger partial charge in [0.05, 0.1) is 12.6 Å². The first-order valence-electron chi connectivity index (χ1n) is 12.1. The normalized spacial score (nSPS) is 16.8. The van der Waals surface area contributed by atoms with Gasteiger partial charge in [0, 0.05) is 54.7 Å². The highest BCUT2D eigenvalue weighted by atomic mass is 16.1. The van der Waals surface area contributed by atoms with E-state index in [1.54, 1.807) is 10.9 Å². The summed E-state index contributed by atoms with van der Waals surface area (Å²) < 4.78 is 1.69. The number of aryl methyl sites for hydroxylation is 1. The lowest BCUT2D eigenvalue weighted by Gasteiger charge is -2.33. The van der Waals surface area contributed by atoms with Crippen LogP contribution < -0.4 is 4.90 Å². The first-order chi connectivity index (χ1) is 16.6. The Bertz CT molecular complexity index is 1350. The second kappa shape index (κ2) is 8.63. The van der Waals surface area contributed by atoms with Crippen LogP contribution in [0.4, 0.5) is 5.82 Å². The predicted molar refractivity (Wildman–Crippen MR) is 132 cm³/mol. The molecule has 172 valence electrons. The highest BCUT2D eigenvalue weighted by Gasteiger charge is 2.33. The summed E-state index contributed by atoms with van der Waals surface area (Å²) in [6.07, 6.45) is 11.1. The Labute approximate surface area is 198 Å². The van der Waals surface area contributed by atoms with Gasteiger partial charge >= 0.3 is 0 Å². The maximum Gasteiger partial charge on any atom is 0.169 e. The number of hydrogen-bond acceptors (Lipinski definition) is 6. The third kappa shape index (κ3) is 4.30. The van der Waals surface area contributed by atoms with Gasteiger partial charge in [-0.25, -0.2) is 4.98 Å². The summed E-state index contributed by atoms with van der Waals surface area (Å²) in [6.45, 7) is 2.07. The topological polar surface area (TPSA) is 76.8 Å². The Morgan fingerprint density at radius 2 is 1.79 bits per heavy atom. The number of Topliss-reactive ketones (excluding diaryl/α,β-unsaturated/α-hetero) is 1. The maximum absolute atomic E-state index is 13.1. The number of benzene rings is 1. The van der Waals surface area contributed by atoms with Gasteiger partial charge in [-0.05, 0) is 67.2 Å². The third-order valence-electron chi connectivity index (χ3n) is 7.24. The number of nitrogens with zero attached hydrogens (tertiary/aromatic N) is 6. The number of pyridine rings is 2. The van der Waals surface area contributed by atoms with Crippen molar-refractivity contribution in [2.24, 2.45) is 18.9 Å². The zero-order valence-corrected chi connectivity index (χ0v) is 19.4. The molecule has 4 aromatic rings. The van der Waals surface area contributed by atoms with Crippen molar-refractivity contribution in [2.45, 2.75) is 32.1 Å². The molecule has 0 radical (unpaired) electrons. The summed E-state index contributed by atoms with van der Waals surface area (Å²) in [5.74, 6) is 2.83. The van der Waals surface area contributed by atoms with Crippen LogP contribution in [0, 0.1) is 11.8 Å². The van der Waals surface area contributed by atoms with Gasteiger partial charge in [0.15, 0.2) is 5.78 Å². The second-order valence-corrected chi connectivity index (χ2v) is 9.68. The fourth-order valence-corrected chi connectivity index (χ4v) is 5.12. The Balaban J connectivity index is 1.18. The zero-order chi connectivity index (χ0) is 23.1. The first-order valence-corrected chi connectivity index (χ1v) is 12.1. The minimum Gasteiger partial charge on any atom is -0.357 e. The third-order valence-corrected chi connectivity index (χ3v) is 7.24. The fraction of sp³-hybridized carbons (Fsp3) is 0.370. The number of piperidine rings is 1. The lowest BCUT2D eigenvalue weighted by Crippen LogP contribution is -2.34. The molecule has 0 bridgehead atoms. The molecule has 0 spiro atoms. The van der Waals surface area contributed by atoms with Gasteiger partial charge in [-0.3, -0.25) is 14.5 Å². The van der Waals surface area contributed by atoms with Crippen LogP contribution in [0.15, 0.2) is 55.0 Å². The number of aromatic nitrogens is 5. The van der Waals surface area contributed by atoms with E-state index in [4.69, 9.17) is 0 Å². The van der Waals surface area contributed by atoms with Gasteiger partial charge in [0.1, 0.15) is 11.5 Å². The van der Waals surface area contributed by atoms with Crippen molar-refractivity contribution in [1.82, 2.24) is 25.0 Å².